The van der Waals surface area contributed by atoms with Crippen LogP contribution < -0.4 is 16.0 Å². The lowest BCUT2D eigenvalue weighted by molar-refractivity contribution is 0.0950. The lowest BCUT2D eigenvalue weighted by atomic mass is 10.0. The summed E-state index contributed by atoms with van der Waals surface area (Å²) in [5.74, 6) is 0.555. The zero-order valence-electron chi connectivity index (χ0n) is 16.3. The average Bonchev–Trinajstić information content (AvgIpc) is 3.35. The molecule has 0 aromatic carbocycles. The van der Waals surface area contributed by atoms with Crippen molar-refractivity contribution in [2.24, 2.45) is 5.92 Å². The number of dihydropyridines is 1. The fraction of sp³-hybridized carbons (Fsp3) is 0.550. The Morgan fingerprint density at radius 2 is 2.30 bits per heavy atom. The van der Waals surface area contributed by atoms with E-state index in [0.29, 0.717) is 12.0 Å². The van der Waals surface area contributed by atoms with Crippen LogP contribution in [0, 0.1) is 5.92 Å². The molecular formula is C20H32N4O2S. The van der Waals surface area contributed by atoms with Crippen molar-refractivity contribution in [2.75, 3.05) is 46.4 Å². The summed E-state index contributed by atoms with van der Waals surface area (Å²) in [5.41, 5.74) is 0.896. The fourth-order valence-electron chi connectivity index (χ4n) is 3.18. The van der Waals surface area contributed by atoms with E-state index in [2.05, 4.69) is 34.8 Å². The Morgan fingerprint density at radius 1 is 1.44 bits per heavy atom. The van der Waals surface area contributed by atoms with Gasteiger partial charge in [-0.2, -0.15) is 0 Å². The van der Waals surface area contributed by atoms with Crippen molar-refractivity contribution < 1.29 is 9.90 Å². The van der Waals surface area contributed by atoms with Crippen LogP contribution in [0.4, 0.5) is 0 Å². The van der Waals surface area contributed by atoms with Crippen LogP contribution in [-0.2, 0) is 0 Å². The number of likely N-dealkylation sites (N-methyl/N-ethyl adjacent to an activating group) is 1. The van der Waals surface area contributed by atoms with E-state index >= 15 is 0 Å². The molecule has 0 aliphatic carbocycles. The van der Waals surface area contributed by atoms with Crippen LogP contribution in [0.2, 0.25) is 0 Å². The summed E-state index contributed by atoms with van der Waals surface area (Å²) in [6, 6.07) is 4.27. The Kier molecular flexibility index (Phi) is 9.55. The third-order valence-corrected chi connectivity index (χ3v) is 5.47. The minimum atomic E-state index is 0.0544. The van der Waals surface area contributed by atoms with Crippen molar-refractivity contribution in [2.45, 2.75) is 19.4 Å². The quantitative estimate of drug-likeness (QED) is 0.565. The largest absolute Gasteiger partial charge is 0.390 e. The third-order valence-electron chi connectivity index (χ3n) is 4.60. The standard InChI is InChI=1S/C14H23N3OS.C6H9NO/c1-3-6-15-12-10-17(2)9-11(12)8-16-14(18)13-5-4-7-19-13;8-5-6-3-1-2-4-7-6/h4-5,7,11-12,15H,3,6,8-10H2,1-2H3,(H,16,18);1-3,7-8H,4-5H2. The monoisotopic (exact) mass is 392 g/mol. The average molecular weight is 393 g/mol. The molecule has 3 heterocycles. The summed E-state index contributed by atoms with van der Waals surface area (Å²) < 4.78 is 0. The molecule has 0 saturated carbocycles. The third kappa shape index (κ3) is 7.46. The van der Waals surface area contributed by atoms with Gasteiger partial charge in [-0.05, 0) is 37.5 Å². The molecule has 2 unspecified atom stereocenters. The second-order valence-electron chi connectivity index (χ2n) is 6.89. The van der Waals surface area contributed by atoms with Gasteiger partial charge in [0, 0.05) is 43.8 Å². The molecule has 150 valence electrons. The summed E-state index contributed by atoms with van der Waals surface area (Å²) in [5, 5.41) is 20.1. The number of aliphatic hydroxyl groups is 1. The van der Waals surface area contributed by atoms with Crippen molar-refractivity contribution in [3.05, 3.63) is 46.3 Å². The fourth-order valence-corrected chi connectivity index (χ4v) is 3.82. The topological polar surface area (TPSA) is 76.6 Å². The van der Waals surface area contributed by atoms with Crippen LogP contribution in [0.15, 0.2) is 41.4 Å². The predicted octanol–water partition coefficient (Wildman–Crippen LogP) is 1.43. The van der Waals surface area contributed by atoms with Crippen LogP contribution in [-0.4, -0.2) is 68.3 Å². The molecule has 1 amide bonds. The number of nitrogens with one attached hydrogen (secondary N) is 3. The van der Waals surface area contributed by atoms with E-state index < -0.39 is 0 Å². The van der Waals surface area contributed by atoms with Gasteiger partial charge in [-0.25, -0.2) is 0 Å². The first-order valence-corrected chi connectivity index (χ1v) is 10.5. The number of carbonyl (C=O) groups is 1. The number of thiophene rings is 1. The highest BCUT2D eigenvalue weighted by molar-refractivity contribution is 7.12. The summed E-state index contributed by atoms with van der Waals surface area (Å²) in [7, 11) is 2.14. The van der Waals surface area contributed by atoms with E-state index in [-0.39, 0.29) is 12.5 Å². The van der Waals surface area contributed by atoms with E-state index in [1.54, 1.807) is 0 Å². The van der Waals surface area contributed by atoms with Gasteiger partial charge in [0.05, 0.1) is 11.5 Å². The SMILES string of the molecule is CCCNC1CN(C)CC1CNC(=O)c1cccs1.OCC1=CC=CCN1. The normalized spacial score (nSPS) is 21.8. The molecule has 2 atom stereocenters. The number of likely N-dealkylation sites (tertiary alicyclic amines) is 1. The van der Waals surface area contributed by atoms with Crippen LogP contribution in [0.1, 0.15) is 23.0 Å². The van der Waals surface area contributed by atoms with Crippen LogP contribution in [0.5, 0.6) is 0 Å². The molecule has 4 N–H and O–H groups in total. The smallest absolute Gasteiger partial charge is 0.261 e. The number of hydrogen-bond acceptors (Lipinski definition) is 6. The van der Waals surface area contributed by atoms with Crippen molar-refractivity contribution in [1.82, 2.24) is 20.9 Å². The van der Waals surface area contributed by atoms with Crippen LogP contribution in [0.25, 0.3) is 0 Å². The maximum absolute atomic E-state index is 11.9. The number of rotatable bonds is 7. The van der Waals surface area contributed by atoms with Crippen molar-refractivity contribution in [3.8, 4) is 0 Å². The summed E-state index contributed by atoms with van der Waals surface area (Å²) in [4.78, 5) is 15.1. The Labute approximate surface area is 166 Å². The zero-order chi connectivity index (χ0) is 19.5. The first-order valence-electron chi connectivity index (χ1n) is 9.58. The van der Waals surface area contributed by atoms with Crippen molar-refractivity contribution in [1.29, 1.82) is 0 Å². The van der Waals surface area contributed by atoms with Gasteiger partial charge >= 0.3 is 0 Å². The van der Waals surface area contributed by atoms with Crippen LogP contribution >= 0.6 is 11.3 Å². The number of carbonyl (C=O) groups excluding carboxylic acids is 1. The van der Waals surface area contributed by atoms with E-state index in [4.69, 9.17) is 5.11 Å². The minimum Gasteiger partial charge on any atom is -0.390 e. The van der Waals surface area contributed by atoms with E-state index in [9.17, 15) is 4.79 Å². The molecule has 2 aliphatic heterocycles. The van der Waals surface area contributed by atoms with Gasteiger partial charge in [-0.15, -0.1) is 11.3 Å². The molecule has 27 heavy (non-hydrogen) atoms. The van der Waals surface area contributed by atoms with Gasteiger partial charge in [0.2, 0.25) is 0 Å². The molecule has 7 heteroatoms. The molecule has 0 spiro atoms. The molecule has 0 radical (unpaired) electrons. The molecule has 6 nitrogen and oxygen atoms in total. The number of nitrogens with zero attached hydrogens (tertiary/aromatic N) is 1. The first-order chi connectivity index (χ1) is 13.1. The summed E-state index contributed by atoms with van der Waals surface area (Å²) in [6.07, 6.45) is 6.94. The van der Waals surface area contributed by atoms with Gasteiger partial charge < -0.3 is 26.0 Å². The molecule has 1 aromatic rings. The number of aliphatic hydroxyl groups excluding tert-OH is 1. The highest BCUT2D eigenvalue weighted by Gasteiger charge is 2.30. The minimum absolute atomic E-state index is 0.0544. The highest BCUT2D eigenvalue weighted by atomic mass is 32.1. The van der Waals surface area contributed by atoms with Gasteiger partial charge in [-0.1, -0.05) is 25.1 Å². The van der Waals surface area contributed by atoms with Crippen molar-refractivity contribution >= 4 is 17.2 Å². The predicted molar refractivity (Wildman–Crippen MR) is 112 cm³/mol. The first kappa shape index (κ1) is 21.6. The zero-order valence-corrected chi connectivity index (χ0v) is 17.1. The molecule has 0 bridgehead atoms. The lowest BCUT2D eigenvalue weighted by Gasteiger charge is -2.19. The maximum atomic E-state index is 11.9. The second kappa shape index (κ2) is 11.9. The Morgan fingerprint density at radius 3 is 2.89 bits per heavy atom. The molecule has 2 aliphatic rings. The van der Waals surface area contributed by atoms with Crippen molar-refractivity contribution in [3.63, 3.8) is 0 Å². The number of allylic oxidation sites excluding steroid dienone is 2. The molecular weight excluding hydrogens is 360 g/mol. The lowest BCUT2D eigenvalue weighted by Crippen LogP contribution is -2.41. The van der Waals surface area contributed by atoms with E-state index in [0.717, 1.165) is 49.7 Å². The highest BCUT2D eigenvalue weighted by Crippen LogP contribution is 2.15. The maximum Gasteiger partial charge on any atom is 0.261 e. The Bertz CT molecular complexity index is 616. The Hall–Kier alpha value is -1.67. The van der Waals surface area contributed by atoms with Gasteiger partial charge in [0.25, 0.3) is 5.91 Å². The van der Waals surface area contributed by atoms with E-state index in [1.165, 1.54) is 11.3 Å². The van der Waals surface area contributed by atoms with Gasteiger partial charge in [0.15, 0.2) is 0 Å². The number of amides is 1. The Balaban J connectivity index is 0.000000273. The van der Waals surface area contributed by atoms with Crippen LogP contribution in [0.3, 0.4) is 0 Å². The van der Waals surface area contributed by atoms with Gasteiger partial charge in [0.1, 0.15) is 0 Å². The summed E-state index contributed by atoms with van der Waals surface area (Å²) in [6.45, 7) is 7.05. The molecule has 3 rings (SSSR count). The second-order valence-corrected chi connectivity index (χ2v) is 7.84. The summed E-state index contributed by atoms with van der Waals surface area (Å²) >= 11 is 1.49. The molecule has 1 saturated heterocycles. The molecule has 1 fully saturated rings. The molecule has 1 aromatic heterocycles. The number of hydrogen-bond donors (Lipinski definition) is 4. The van der Waals surface area contributed by atoms with E-state index in [1.807, 2.05) is 35.7 Å². The van der Waals surface area contributed by atoms with Gasteiger partial charge in [-0.3, -0.25) is 4.79 Å².